The number of benzene rings is 4. The van der Waals surface area contributed by atoms with E-state index < -0.39 is 0 Å². The third kappa shape index (κ3) is 14.7. The summed E-state index contributed by atoms with van der Waals surface area (Å²) >= 11 is 5.82. The molecule has 0 fully saturated rings. The maximum absolute atomic E-state index is 3.69. The molecule has 46 heavy (non-hydrogen) atoms. The van der Waals surface area contributed by atoms with Crippen LogP contribution in [0, 0.1) is 45.3 Å². The first-order valence-corrected chi connectivity index (χ1v) is 18.7. The van der Waals surface area contributed by atoms with Crippen molar-refractivity contribution in [3.8, 4) is 11.1 Å². The summed E-state index contributed by atoms with van der Waals surface area (Å²) in [5.41, 5.74) is 11.6. The average molecular weight is 955 g/mol. The summed E-state index contributed by atoms with van der Waals surface area (Å²) in [4.78, 5) is 0. The van der Waals surface area contributed by atoms with E-state index in [4.69, 9.17) is 0 Å². The van der Waals surface area contributed by atoms with E-state index in [1.54, 1.807) is 0 Å². The Morgan fingerprint density at radius 2 is 1.20 bits per heavy atom. The zero-order valence-corrected chi connectivity index (χ0v) is 36.7. The van der Waals surface area contributed by atoms with Gasteiger partial charge in [0, 0.05) is 0 Å². The molecule has 0 heterocycles. The molecular weight excluding hydrogens is 908 g/mol. The summed E-state index contributed by atoms with van der Waals surface area (Å²) in [5, 5.41) is 0. The van der Waals surface area contributed by atoms with Crippen molar-refractivity contribution in [1.82, 2.24) is 0 Å². The molecule has 2 aliphatic carbocycles. The van der Waals surface area contributed by atoms with Crippen molar-refractivity contribution in [2.75, 3.05) is 0 Å². The average Bonchev–Trinajstić information content (AvgIpc) is 3.65. The van der Waals surface area contributed by atoms with E-state index in [0.29, 0.717) is 0 Å². The molecule has 6 rings (SSSR count). The van der Waals surface area contributed by atoms with E-state index >= 15 is 0 Å². The third-order valence-corrected chi connectivity index (χ3v) is 8.46. The Kier molecular flexibility index (Phi) is 21.6. The van der Waals surface area contributed by atoms with Crippen molar-refractivity contribution in [2.45, 2.75) is 79.1 Å². The van der Waals surface area contributed by atoms with Crippen LogP contribution in [0.4, 0.5) is 0 Å². The molecule has 5 heteroatoms. The SMILES string of the molecule is Cc1[c-]c2c(cc1C(C)(C)C)-c1cc(C(C)(C)C)c(C)cc1C2.Cl.Cl.Ic1cc[c-]cc1.Ic1cc[c-]cc1.[C-]1=CC=CC1.[CH2]=[Zr]. The Balaban J connectivity index is 0.000000716. The van der Waals surface area contributed by atoms with Gasteiger partial charge in [0.25, 0.3) is 0 Å². The molecule has 0 aliphatic heterocycles. The Hall–Kier alpha value is -0.847. The number of rotatable bonds is 0. The van der Waals surface area contributed by atoms with Gasteiger partial charge >= 0.3 is 28.4 Å². The second-order valence-corrected chi connectivity index (χ2v) is 15.1. The minimum atomic E-state index is 0. The van der Waals surface area contributed by atoms with Gasteiger partial charge in [-0.15, -0.1) is 47.9 Å². The Morgan fingerprint density at radius 3 is 1.54 bits per heavy atom. The number of fused-ring (bicyclic) bond motifs is 3. The van der Waals surface area contributed by atoms with Gasteiger partial charge in [-0.2, -0.15) is 84.4 Å². The fourth-order valence-electron chi connectivity index (χ4n) is 5.10. The molecule has 4 aromatic rings. The van der Waals surface area contributed by atoms with E-state index in [2.05, 4.69) is 153 Å². The van der Waals surface area contributed by atoms with Crippen LogP contribution in [-0.4, -0.2) is 4.21 Å². The molecule has 0 saturated carbocycles. The fraction of sp³-hybridized carbons (Fsp3) is 0.293. The van der Waals surface area contributed by atoms with Crippen molar-refractivity contribution in [2.24, 2.45) is 0 Å². The molecule has 4 aromatic carbocycles. The standard InChI is InChI=1S/C23H29.2C6H4I.C5H5.CH2.2ClH.Zr/c1-14-9-16-11-17-10-15(2)21(23(6,7)8)13-19(17)18(16)12-20(14)22(3,4)5;2*7-6-4-2-1-3-5-6;1-2-4-5-3-1;;;;/h9,12-13H,11H2,1-8H3;2*2-5H;1-3H,4H2;1H2;2*1H;/q4*-1;;;;. The van der Waals surface area contributed by atoms with Crippen molar-refractivity contribution in [1.29, 1.82) is 0 Å². The number of hydrogen-bond acceptors (Lipinski definition) is 0. The Morgan fingerprint density at radius 1 is 0.717 bits per heavy atom. The summed E-state index contributed by atoms with van der Waals surface area (Å²) in [5.74, 6) is 0. The molecule has 0 amide bonds. The number of halogens is 4. The van der Waals surface area contributed by atoms with E-state index in [1.807, 2.05) is 60.7 Å². The second kappa shape index (κ2) is 22.0. The number of allylic oxidation sites excluding steroid dienone is 4. The van der Waals surface area contributed by atoms with E-state index in [9.17, 15) is 0 Å². The molecule has 0 unspecified atom stereocenters. The van der Waals surface area contributed by atoms with Crippen LogP contribution in [0.3, 0.4) is 0 Å². The zero-order chi connectivity index (χ0) is 32.9. The van der Waals surface area contributed by atoms with Crippen molar-refractivity contribution in [3.05, 3.63) is 150 Å². The predicted octanol–water partition coefficient (Wildman–Crippen LogP) is 12.6. The summed E-state index contributed by atoms with van der Waals surface area (Å²) in [7, 11) is 0. The fourth-order valence-corrected chi connectivity index (χ4v) is 5.82. The van der Waals surface area contributed by atoms with Crippen LogP contribution in [0.15, 0.2) is 85.0 Å². The van der Waals surface area contributed by atoms with Crippen molar-refractivity contribution >= 4 is 74.2 Å². The Labute approximate surface area is 334 Å². The summed E-state index contributed by atoms with van der Waals surface area (Å²) in [6.07, 6.45) is 11.0. The first-order valence-electron chi connectivity index (χ1n) is 14.8. The predicted molar refractivity (Wildman–Crippen MR) is 220 cm³/mol. The second-order valence-electron chi connectivity index (χ2n) is 12.6. The normalized spacial score (nSPS) is 11.6. The Bertz CT molecular complexity index is 1420. The van der Waals surface area contributed by atoms with Gasteiger partial charge in [0.05, 0.1) is 0 Å². The van der Waals surface area contributed by atoms with Crippen LogP contribution >= 0.6 is 70.0 Å². The first-order chi connectivity index (χ1) is 20.8. The molecule has 0 N–H and O–H groups in total. The third-order valence-electron chi connectivity index (χ3n) is 7.02. The topological polar surface area (TPSA) is 0 Å². The van der Waals surface area contributed by atoms with Crippen molar-refractivity contribution in [3.63, 3.8) is 0 Å². The van der Waals surface area contributed by atoms with Gasteiger partial charge < -0.3 is 0 Å². The van der Waals surface area contributed by atoms with Crippen LogP contribution in [0.2, 0.25) is 0 Å². The van der Waals surface area contributed by atoms with Gasteiger partial charge in [0.15, 0.2) is 0 Å². The molecule has 0 saturated heterocycles. The zero-order valence-electron chi connectivity index (χ0n) is 28.3. The van der Waals surface area contributed by atoms with Gasteiger partial charge in [-0.25, -0.2) is 12.2 Å². The van der Waals surface area contributed by atoms with Crippen molar-refractivity contribution < 1.29 is 24.2 Å². The molecule has 0 spiro atoms. The van der Waals surface area contributed by atoms with Crippen LogP contribution in [0.1, 0.15) is 81.3 Å². The first kappa shape index (κ1) is 45.2. The number of aryl methyl sites for hydroxylation is 2. The summed E-state index contributed by atoms with van der Waals surface area (Å²) < 4.78 is 5.86. The molecule has 0 atom stereocenters. The van der Waals surface area contributed by atoms with E-state index in [0.717, 1.165) is 12.8 Å². The molecule has 246 valence electrons. The number of hydrogen-bond donors (Lipinski definition) is 0. The maximum atomic E-state index is 3.69. The van der Waals surface area contributed by atoms with Crippen LogP contribution in [0.25, 0.3) is 11.1 Å². The summed E-state index contributed by atoms with van der Waals surface area (Å²) in [6.45, 7) is 18.2. The van der Waals surface area contributed by atoms with Gasteiger partial charge in [-0.1, -0.05) is 124 Å². The molecular formula is C41H46Cl2I2Zr-4. The minimum absolute atomic E-state index is 0. The van der Waals surface area contributed by atoms with Crippen LogP contribution < -0.4 is 0 Å². The van der Waals surface area contributed by atoms with Gasteiger partial charge in [-0.05, 0) is 35.4 Å². The quantitative estimate of drug-likeness (QED) is 0.107. The molecule has 0 radical (unpaired) electrons. The molecule has 0 bridgehead atoms. The molecule has 2 aliphatic rings. The van der Waals surface area contributed by atoms with Crippen LogP contribution in [-0.2, 0) is 41.5 Å². The van der Waals surface area contributed by atoms with E-state index in [-0.39, 0.29) is 35.6 Å². The summed E-state index contributed by atoms with van der Waals surface area (Å²) in [6, 6.07) is 32.5. The van der Waals surface area contributed by atoms with E-state index in [1.165, 1.54) is 75.9 Å². The van der Waals surface area contributed by atoms with Gasteiger partial charge in [0.1, 0.15) is 0 Å². The van der Waals surface area contributed by atoms with Gasteiger partial charge in [-0.3, -0.25) is 6.08 Å². The molecule has 0 nitrogen and oxygen atoms in total. The molecule has 0 aromatic heterocycles. The van der Waals surface area contributed by atoms with Gasteiger partial charge in [0.2, 0.25) is 0 Å². The monoisotopic (exact) mass is 952 g/mol. The van der Waals surface area contributed by atoms with Crippen LogP contribution in [0.5, 0.6) is 0 Å².